The van der Waals surface area contributed by atoms with E-state index in [-0.39, 0.29) is 23.9 Å². The summed E-state index contributed by atoms with van der Waals surface area (Å²) in [5.41, 5.74) is -2.00. The van der Waals surface area contributed by atoms with Crippen LogP contribution >= 0.6 is 0 Å². The van der Waals surface area contributed by atoms with Gasteiger partial charge in [-0.3, -0.25) is 0 Å². The molecule has 0 saturated heterocycles. The summed E-state index contributed by atoms with van der Waals surface area (Å²) in [6.45, 7) is 26.8. The van der Waals surface area contributed by atoms with Gasteiger partial charge in [-0.15, -0.1) is 0 Å². The zero-order chi connectivity index (χ0) is 86.5. The largest absolute Gasteiger partial charge is 4.00 e. The standard InChI is InChI=1S/4C26H52O3.Sn/c4*1-4-7-10-13-16-19-22-26(29-25(27)28,23-20-17-14-11-8-5-2)24-21-18-15-12-9-6-3;/h4*4-24H2,1-3H3,(H,27,28);/q;;;;+4/p-4. The molecule has 0 fully saturated rings. The van der Waals surface area contributed by atoms with Crippen molar-refractivity contribution in [3.05, 3.63) is 0 Å². The molecule has 0 aliphatic carbocycles. The number of rotatable bonds is 88. The van der Waals surface area contributed by atoms with Gasteiger partial charge < -0.3 is 58.6 Å². The summed E-state index contributed by atoms with van der Waals surface area (Å²) in [4.78, 5) is 45.6. The van der Waals surface area contributed by atoms with Gasteiger partial charge in [-0.05, 0) is 77.0 Å². The van der Waals surface area contributed by atoms with E-state index >= 15 is 0 Å². The fourth-order valence-corrected chi connectivity index (χ4v) is 17.5. The van der Waals surface area contributed by atoms with Crippen molar-refractivity contribution in [1.29, 1.82) is 0 Å². The molecule has 0 aromatic rings. The molecule has 0 atom stereocenters. The number of ether oxygens (including phenoxy) is 4. The minimum Gasteiger partial charge on any atom is -0.543 e. The Hall–Kier alpha value is -2.12. The summed E-state index contributed by atoms with van der Waals surface area (Å²) >= 11 is 0. The average molecular weight is 1770 g/mol. The molecule has 12 nitrogen and oxygen atoms in total. The van der Waals surface area contributed by atoms with Gasteiger partial charge >= 0.3 is 23.9 Å². The molecule has 117 heavy (non-hydrogen) atoms. The first kappa shape index (κ1) is 123. The third kappa shape index (κ3) is 90.0. The van der Waals surface area contributed by atoms with Crippen LogP contribution in [0.25, 0.3) is 0 Å². The normalized spacial score (nSPS) is 11.6. The summed E-state index contributed by atoms with van der Waals surface area (Å²) in [6, 6.07) is 0. The quantitative estimate of drug-likeness (QED) is 0.0242. The molecule has 0 unspecified atom stereocenters. The van der Waals surface area contributed by atoms with Crippen molar-refractivity contribution in [2.24, 2.45) is 0 Å². The fourth-order valence-electron chi connectivity index (χ4n) is 17.5. The van der Waals surface area contributed by atoms with E-state index in [1.807, 2.05) is 0 Å². The second-order valence-corrected chi connectivity index (χ2v) is 36.4. The Labute approximate surface area is 747 Å². The first-order valence-electron chi connectivity index (χ1n) is 52.0. The van der Waals surface area contributed by atoms with Crippen molar-refractivity contribution >= 4 is 48.5 Å². The maximum atomic E-state index is 11.4. The van der Waals surface area contributed by atoms with Crippen LogP contribution in [0.15, 0.2) is 0 Å². The Morgan fingerprint density at radius 2 is 0.214 bits per heavy atom. The van der Waals surface area contributed by atoms with Gasteiger partial charge in [0.25, 0.3) is 24.6 Å². The van der Waals surface area contributed by atoms with Crippen LogP contribution in [-0.2, 0) is 18.9 Å². The maximum absolute atomic E-state index is 11.4. The topological polar surface area (TPSA) is 197 Å². The number of unbranched alkanes of at least 4 members (excludes halogenated alkanes) is 60. The van der Waals surface area contributed by atoms with E-state index in [1.165, 1.54) is 385 Å². The molecule has 0 rings (SSSR count). The molecule has 0 saturated carbocycles. The van der Waals surface area contributed by atoms with E-state index in [2.05, 4.69) is 83.1 Å². The number of carbonyl (C=O) groups is 4. The number of carbonyl (C=O) groups excluding carboxylic acids is 4. The summed E-state index contributed by atoms with van der Waals surface area (Å²) < 4.78 is 22.1. The Morgan fingerprint density at radius 3 is 0.282 bits per heavy atom. The fraction of sp³-hybridized carbons (Fsp3) is 0.962. The molecule has 13 heteroatoms. The maximum Gasteiger partial charge on any atom is 4.00 e. The molecule has 696 valence electrons. The average Bonchev–Trinajstić information content (AvgIpc) is 0.884. The van der Waals surface area contributed by atoms with Crippen LogP contribution in [0.1, 0.15) is 622 Å². The zero-order valence-corrected chi connectivity index (χ0v) is 83.7. The van der Waals surface area contributed by atoms with Gasteiger partial charge in [-0.1, -0.05) is 545 Å². The second kappa shape index (κ2) is 97.7. The van der Waals surface area contributed by atoms with Crippen molar-refractivity contribution in [3.63, 3.8) is 0 Å². The van der Waals surface area contributed by atoms with Gasteiger partial charge in [0, 0.05) is 0 Å². The van der Waals surface area contributed by atoms with Gasteiger partial charge in [0.05, 0.1) is 22.4 Å². The molecule has 0 bridgehead atoms. The predicted octanol–water partition coefficient (Wildman–Crippen LogP) is 33.0. The molecule has 0 spiro atoms. The van der Waals surface area contributed by atoms with E-state index in [1.54, 1.807) is 0 Å². The van der Waals surface area contributed by atoms with Crippen molar-refractivity contribution in [1.82, 2.24) is 0 Å². The molecular formula is C104H204O12Sn. The molecular weight excluding hydrogens is 1560 g/mol. The second-order valence-electron chi connectivity index (χ2n) is 36.4. The number of carboxylic acid groups (broad SMARTS) is 4. The SMILES string of the molecule is CCCCCCCCC(CCCCCCCC)(CCCCCCCC)OC(=O)[O-].CCCCCCCCC(CCCCCCCC)(CCCCCCCC)OC(=O)[O-].CCCCCCCCC(CCCCCCCC)(CCCCCCCC)OC(=O)[O-].CCCCCCCCC(CCCCCCCC)(CCCCCCCC)OC(=O)[O-].[Sn+4]. The monoisotopic (exact) mass is 1770 g/mol. The van der Waals surface area contributed by atoms with Gasteiger partial charge in [0.2, 0.25) is 0 Å². The van der Waals surface area contributed by atoms with Crippen LogP contribution < -0.4 is 20.4 Å². The molecule has 0 amide bonds. The summed E-state index contributed by atoms with van der Waals surface area (Å²) in [7, 11) is 0. The molecule has 0 aliphatic heterocycles. The first-order valence-corrected chi connectivity index (χ1v) is 52.0. The van der Waals surface area contributed by atoms with Crippen LogP contribution in [0.4, 0.5) is 19.2 Å². The summed E-state index contributed by atoms with van der Waals surface area (Å²) in [5.74, 6) is 0. The predicted molar refractivity (Wildman–Crippen MR) is 499 cm³/mol. The van der Waals surface area contributed by atoms with E-state index in [0.717, 1.165) is 154 Å². The zero-order valence-electron chi connectivity index (χ0n) is 80.8. The van der Waals surface area contributed by atoms with Crippen LogP contribution in [-0.4, -0.2) is 70.9 Å². The molecule has 0 N–H and O–H groups in total. The van der Waals surface area contributed by atoms with Gasteiger partial charge in [0.1, 0.15) is 0 Å². The van der Waals surface area contributed by atoms with E-state index in [4.69, 9.17) is 18.9 Å². The van der Waals surface area contributed by atoms with Crippen LogP contribution in [0.3, 0.4) is 0 Å². The molecule has 0 aliphatic rings. The Kier molecular flexibility index (Phi) is 103. The van der Waals surface area contributed by atoms with E-state index in [0.29, 0.717) is 0 Å². The molecule has 0 aromatic heterocycles. The Balaban J connectivity index is -0.000000475. The minimum absolute atomic E-state index is 0. The van der Waals surface area contributed by atoms with Crippen molar-refractivity contribution in [3.8, 4) is 0 Å². The summed E-state index contributed by atoms with van der Waals surface area (Å²) in [5, 5.41) is 45.6. The van der Waals surface area contributed by atoms with E-state index in [9.17, 15) is 39.6 Å². The van der Waals surface area contributed by atoms with Crippen molar-refractivity contribution in [2.75, 3.05) is 0 Å². The smallest absolute Gasteiger partial charge is 0.543 e. The molecule has 0 aromatic carbocycles. The molecule has 0 heterocycles. The van der Waals surface area contributed by atoms with Gasteiger partial charge in [0.15, 0.2) is 0 Å². The van der Waals surface area contributed by atoms with Crippen molar-refractivity contribution in [2.45, 2.75) is 645 Å². The third-order valence-electron chi connectivity index (χ3n) is 25.0. The van der Waals surface area contributed by atoms with E-state index < -0.39 is 47.0 Å². The minimum atomic E-state index is -1.33. The number of hydrogen-bond donors (Lipinski definition) is 0. The Bertz CT molecular complexity index is 1530. The molecule has 0 radical (unpaired) electrons. The summed E-state index contributed by atoms with van der Waals surface area (Å²) in [6.07, 6.45) is 93.5. The van der Waals surface area contributed by atoms with Crippen LogP contribution in [0.2, 0.25) is 0 Å². The van der Waals surface area contributed by atoms with Crippen LogP contribution in [0.5, 0.6) is 0 Å². The van der Waals surface area contributed by atoms with Gasteiger partial charge in [-0.25, -0.2) is 0 Å². The first-order chi connectivity index (χ1) is 56.4. The number of hydrogen-bond acceptors (Lipinski definition) is 12. The van der Waals surface area contributed by atoms with Crippen LogP contribution in [0, 0.1) is 0 Å². The third-order valence-corrected chi connectivity index (χ3v) is 25.0. The Morgan fingerprint density at radius 1 is 0.145 bits per heavy atom. The van der Waals surface area contributed by atoms with Gasteiger partial charge in [-0.2, -0.15) is 0 Å². The van der Waals surface area contributed by atoms with Crippen molar-refractivity contribution < 1.29 is 58.6 Å².